The Labute approximate surface area is 89.3 Å². The van der Waals surface area contributed by atoms with Crippen molar-refractivity contribution in [2.24, 2.45) is 0 Å². The van der Waals surface area contributed by atoms with E-state index in [2.05, 4.69) is 11.8 Å². The molecule has 0 spiro atoms. The highest BCUT2D eigenvalue weighted by atomic mass is 16.4. The lowest BCUT2D eigenvalue weighted by Crippen LogP contribution is -2.16. The number of nitrogens with zero attached hydrogens (tertiary/aromatic N) is 1. The summed E-state index contributed by atoms with van der Waals surface area (Å²) in [7, 11) is 0. The molecule has 0 saturated carbocycles. The smallest absolute Gasteiger partial charge is 0.335 e. The van der Waals surface area contributed by atoms with E-state index in [0.29, 0.717) is 5.56 Å². The molecule has 1 aliphatic rings. The fraction of sp³-hybridized carbons (Fsp3) is 0.417. The maximum Gasteiger partial charge on any atom is 0.335 e. The number of fused-ring (bicyclic) bond motifs is 1. The molecule has 3 nitrogen and oxygen atoms in total. The van der Waals surface area contributed by atoms with Crippen LogP contribution in [0.3, 0.4) is 0 Å². The summed E-state index contributed by atoms with van der Waals surface area (Å²) >= 11 is 0. The zero-order valence-corrected chi connectivity index (χ0v) is 8.86. The van der Waals surface area contributed by atoms with E-state index in [1.165, 1.54) is 11.1 Å². The van der Waals surface area contributed by atoms with E-state index in [1.807, 2.05) is 6.07 Å². The summed E-state index contributed by atoms with van der Waals surface area (Å²) in [5.74, 6) is -0.841. The monoisotopic (exact) mass is 205 g/mol. The molecule has 1 aromatic carbocycles. The highest BCUT2D eigenvalue weighted by Crippen LogP contribution is 2.23. The van der Waals surface area contributed by atoms with E-state index in [9.17, 15) is 4.79 Å². The Hall–Kier alpha value is -1.35. The molecular formula is C12H15NO2. The Balaban J connectivity index is 2.20. The van der Waals surface area contributed by atoms with Gasteiger partial charge in [0, 0.05) is 13.1 Å². The van der Waals surface area contributed by atoms with Crippen molar-refractivity contribution in [3.05, 3.63) is 34.9 Å². The molecule has 80 valence electrons. The average molecular weight is 205 g/mol. The third kappa shape index (κ3) is 2.02. The number of hydrogen-bond acceptors (Lipinski definition) is 2. The van der Waals surface area contributed by atoms with E-state index < -0.39 is 5.97 Å². The molecule has 1 aromatic rings. The van der Waals surface area contributed by atoms with Crippen LogP contribution in [0.2, 0.25) is 0 Å². The maximum atomic E-state index is 10.8. The molecule has 0 saturated heterocycles. The molecule has 3 heteroatoms. The van der Waals surface area contributed by atoms with Gasteiger partial charge < -0.3 is 5.11 Å². The van der Waals surface area contributed by atoms with Gasteiger partial charge in [0.1, 0.15) is 0 Å². The Bertz CT molecular complexity index is 387. The first-order valence-corrected chi connectivity index (χ1v) is 5.28. The molecule has 0 fully saturated rings. The SMILES string of the molecule is CCCN1Cc2ccc(C(=O)O)cc2C1. The van der Waals surface area contributed by atoms with Gasteiger partial charge in [-0.05, 0) is 36.2 Å². The quantitative estimate of drug-likeness (QED) is 0.821. The molecule has 0 atom stereocenters. The minimum atomic E-state index is -0.841. The van der Waals surface area contributed by atoms with E-state index in [0.717, 1.165) is 26.1 Å². The highest BCUT2D eigenvalue weighted by molar-refractivity contribution is 5.87. The van der Waals surface area contributed by atoms with Crippen LogP contribution in [0, 0.1) is 0 Å². The van der Waals surface area contributed by atoms with E-state index in [1.54, 1.807) is 12.1 Å². The summed E-state index contributed by atoms with van der Waals surface area (Å²) < 4.78 is 0. The fourth-order valence-electron chi connectivity index (χ4n) is 2.07. The molecule has 1 N–H and O–H groups in total. The van der Waals surface area contributed by atoms with Gasteiger partial charge in [-0.15, -0.1) is 0 Å². The second-order valence-electron chi connectivity index (χ2n) is 4.00. The van der Waals surface area contributed by atoms with Crippen LogP contribution in [-0.2, 0) is 13.1 Å². The van der Waals surface area contributed by atoms with Crippen molar-refractivity contribution in [3.8, 4) is 0 Å². The molecule has 15 heavy (non-hydrogen) atoms. The van der Waals surface area contributed by atoms with Crippen LogP contribution in [0.1, 0.15) is 34.8 Å². The Morgan fingerprint density at radius 2 is 2.13 bits per heavy atom. The van der Waals surface area contributed by atoms with Gasteiger partial charge in [0.05, 0.1) is 5.56 Å². The molecule has 0 amide bonds. The van der Waals surface area contributed by atoms with Crippen LogP contribution in [0.15, 0.2) is 18.2 Å². The van der Waals surface area contributed by atoms with Crippen molar-refractivity contribution in [2.45, 2.75) is 26.4 Å². The van der Waals surface area contributed by atoms with Crippen LogP contribution in [0.5, 0.6) is 0 Å². The summed E-state index contributed by atoms with van der Waals surface area (Å²) in [6.45, 7) is 5.09. The zero-order chi connectivity index (χ0) is 10.8. The Morgan fingerprint density at radius 1 is 1.40 bits per heavy atom. The molecule has 1 heterocycles. The lowest BCUT2D eigenvalue weighted by atomic mass is 10.1. The third-order valence-electron chi connectivity index (χ3n) is 2.78. The first-order valence-electron chi connectivity index (χ1n) is 5.28. The predicted octanol–water partition coefficient (Wildman–Crippen LogP) is 2.11. The molecule has 0 radical (unpaired) electrons. The normalized spacial score (nSPS) is 15.3. The Morgan fingerprint density at radius 3 is 2.80 bits per heavy atom. The van der Waals surface area contributed by atoms with E-state index in [-0.39, 0.29) is 0 Å². The summed E-state index contributed by atoms with van der Waals surface area (Å²) in [5.41, 5.74) is 2.84. The zero-order valence-electron chi connectivity index (χ0n) is 8.86. The first kappa shape index (κ1) is 10.2. The molecule has 0 unspecified atom stereocenters. The molecule has 0 aromatic heterocycles. The second kappa shape index (κ2) is 4.03. The first-order chi connectivity index (χ1) is 7.20. The number of rotatable bonds is 3. The summed E-state index contributed by atoms with van der Waals surface area (Å²) in [6.07, 6.45) is 1.14. The van der Waals surface area contributed by atoms with Crippen molar-refractivity contribution in [1.82, 2.24) is 4.90 Å². The van der Waals surface area contributed by atoms with Gasteiger partial charge >= 0.3 is 5.97 Å². The topological polar surface area (TPSA) is 40.5 Å². The number of carbonyl (C=O) groups is 1. The second-order valence-corrected chi connectivity index (χ2v) is 4.00. The molecule has 0 aliphatic carbocycles. The van der Waals surface area contributed by atoms with Crippen LogP contribution < -0.4 is 0 Å². The lowest BCUT2D eigenvalue weighted by molar-refractivity contribution is 0.0697. The summed E-state index contributed by atoms with van der Waals surface area (Å²) in [6, 6.07) is 5.43. The van der Waals surface area contributed by atoms with Crippen LogP contribution in [-0.4, -0.2) is 22.5 Å². The highest BCUT2D eigenvalue weighted by Gasteiger charge is 2.19. The third-order valence-corrected chi connectivity index (χ3v) is 2.78. The van der Waals surface area contributed by atoms with Crippen LogP contribution in [0.4, 0.5) is 0 Å². The number of benzene rings is 1. The minimum absolute atomic E-state index is 0.395. The van der Waals surface area contributed by atoms with Crippen molar-refractivity contribution >= 4 is 5.97 Å². The molecular weight excluding hydrogens is 190 g/mol. The van der Waals surface area contributed by atoms with Gasteiger partial charge in [-0.25, -0.2) is 4.79 Å². The lowest BCUT2D eigenvalue weighted by Gasteiger charge is -2.11. The number of hydrogen-bond donors (Lipinski definition) is 1. The van der Waals surface area contributed by atoms with E-state index in [4.69, 9.17) is 5.11 Å². The minimum Gasteiger partial charge on any atom is -0.478 e. The number of carboxylic acids is 1. The van der Waals surface area contributed by atoms with Crippen molar-refractivity contribution < 1.29 is 9.90 Å². The van der Waals surface area contributed by atoms with Crippen LogP contribution in [0.25, 0.3) is 0 Å². The number of carboxylic acid groups (broad SMARTS) is 1. The predicted molar refractivity (Wildman–Crippen MR) is 57.8 cm³/mol. The van der Waals surface area contributed by atoms with Crippen LogP contribution >= 0.6 is 0 Å². The summed E-state index contributed by atoms with van der Waals surface area (Å²) in [5, 5.41) is 8.87. The van der Waals surface area contributed by atoms with Gasteiger partial charge in [-0.2, -0.15) is 0 Å². The molecule has 2 rings (SSSR count). The molecule has 0 bridgehead atoms. The van der Waals surface area contributed by atoms with Gasteiger partial charge in [-0.1, -0.05) is 13.0 Å². The van der Waals surface area contributed by atoms with Gasteiger partial charge in [-0.3, -0.25) is 4.90 Å². The summed E-state index contributed by atoms with van der Waals surface area (Å²) in [4.78, 5) is 13.1. The van der Waals surface area contributed by atoms with Gasteiger partial charge in [0.15, 0.2) is 0 Å². The average Bonchev–Trinajstić information content (AvgIpc) is 2.59. The fourth-order valence-corrected chi connectivity index (χ4v) is 2.07. The Kier molecular flexibility index (Phi) is 2.73. The van der Waals surface area contributed by atoms with Crippen molar-refractivity contribution in [1.29, 1.82) is 0 Å². The maximum absolute atomic E-state index is 10.8. The van der Waals surface area contributed by atoms with E-state index >= 15 is 0 Å². The molecule has 1 aliphatic heterocycles. The number of aromatic carboxylic acids is 1. The standard InChI is InChI=1S/C12H15NO2/c1-2-5-13-7-10-4-3-9(12(14)15)6-11(10)8-13/h3-4,6H,2,5,7-8H2,1H3,(H,14,15). The van der Waals surface area contributed by atoms with Crippen molar-refractivity contribution in [2.75, 3.05) is 6.54 Å². The van der Waals surface area contributed by atoms with Crippen molar-refractivity contribution in [3.63, 3.8) is 0 Å². The van der Waals surface area contributed by atoms with Gasteiger partial charge in [0.25, 0.3) is 0 Å². The largest absolute Gasteiger partial charge is 0.478 e. The van der Waals surface area contributed by atoms with Gasteiger partial charge in [0.2, 0.25) is 0 Å².